The predicted molar refractivity (Wildman–Crippen MR) is 75.7 cm³/mol. The van der Waals surface area contributed by atoms with Crippen LogP contribution < -0.4 is 5.32 Å². The van der Waals surface area contributed by atoms with Crippen molar-refractivity contribution >= 4 is 28.9 Å². The predicted octanol–water partition coefficient (Wildman–Crippen LogP) is 1.15. The van der Waals surface area contributed by atoms with Crippen molar-refractivity contribution in [1.29, 1.82) is 0 Å². The number of ether oxygens (including phenoxy) is 1. The van der Waals surface area contributed by atoms with Gasteiger partial charge < -0.3 is 15.2 Å². The lowest BCUT2D eigenvalue weighted by Gasteiger charge is -2.19. The third-order valence-corrected chi connectivity index (χ3v) is 2.91. The van der Waals surface area contributed by atoms with Crippen LogP contribution in [0.3, 0.4) is 0 Å². The maximum atomic E-state index is 12.1. The van der Waals surface area contributed by atoms with Crippen LogP contribution in [0.4, 0.5) is 5.69 Å². The summed E-state index contributed by atoms with van der Waals surface area (Å²) >= 11 is 0. The third-order valence-electron chi connectivity index (χ3n) is 2.91. The van der Waals surface area contributed by atoms with E-state index in [1.54, 1.807) is 18.2 Å². The van der Waals surface area contributed by atoms with Crippen LogP contribution in [0, 0.1) is 0 Å². The van der Waals surface area contributed by atoms with E-state index in [1.807, 2.05) is 0 Å². The highest BCUT2D eigenvalue weighted by molar-refractivity contribution is 6.51. The first-order valence-corrected chi connectivity index (χ1v) is 6.49. The molecule has 0 atom stereocenters. The monoisotopic (exact) mass is 289 g/mol. The number of carbonyl (C=O) groups is 3. The van der Waals surface area contributed by atoms with Crippen molar-refractivity contribution in [2.24, 2.45) is 0 Å². The van der Waals surface area contributed by atoms with E-state index in [4.69, 9.17) is 9.84 Å². The largest absolute Gasteiger partial charge is 0.493 e. The molecule has 1 amide bonds. The van der Waals surface area contributed by atoms with Gasteiger partial charge in [-0.05, 0) is 6.07 Å². The van der Waals surface area contributed by atoms with Crippen LogP contribution in [0.2, 0.25) is 0 Å². The summed E-state index contributed by atoms with van der Waals surface area (Å²) in [6.07, 6.45) is 1.56. The van der Waals surface area contributed by atoms with Gasteiger partial charge in [0.05, 0.1) is 17.9 Å². The summed E-state index contributed by atoms with van der Waals surface area (Å²) in [6, 6.07) is 4.87. The van der Waals surface area contributed by atoms with Gasteiger partial charge in [0.25, 0.3) is 0 Å². The number of rotatable bonds is 5. The molecule has 0 radical (unpaired) electrons. The Hall–Kier alpha value is -2.47. The molecule has 0 fully saturated rings. The maximum absolute atomic E-state index is 12.1. The van der Waals surface area contributed by atoms with Gasteiger partial charge in [-0.1, -0.05) is 12.1 Å². The molecule has 1 aliphatic rings. The Morgan fingerprint density at radius 2 is 2.10 bits per heavy atom. The lowest BCUT2D eigenvalue weighted by Crippen LogP contribution is -2.22. The van der Waals surface area contributed by atoms with Crippen molar-refractivity contribution < 1.29 is 24.2 Å². The van der Waals surface area contributed by atoms with E-state index in [0.29, 0.717) is 12.0 Å². The van der Waals surface area contributed by atoms with Crippen molar-refractivity contribution in [3.05, 3.63) is 35.4 Å². The van der Waals surface area contributed by atoms with E-state index in [0.717, 1.165) is 6.08 Å². The van der Waals surface area contributed by atoms with Crippen molar-refractivity contribution in [2.75, 3.05) is 18.5 Å². The van der Waals surface area contributed by atoms with E-state index < -0.39 is 11.6 Å². The van der Waals surface area contributed by atoms with Gasteiger partial charge in [-0.15, -0.1) is 0 Å². The lowest BCUT2D eigenvalue weighted by atomic mass is 9.92. The number of anilines is 1. The Morgan fingerprint density at radius 1 is 1.33 bits per heavy atom. The van der Waals surface area contributed by atoms with Crippen molar-refractivity contribution in [3.63, 3.8) is 0 Å². The van der Waals surface area contributed by atoms with Gasteiger partial charge >= 0.3 is 0 Å². The standard InChI is InChI=1S/C15H15NO5/c1-9(18)16-11-5-2-4-10-13(21-7-3-6-17)8-12(19)15(20)14(10)11/h2,4-5,8,17H,3,6-7H2,1H3,(H,16,18). The van der Waals surface area contributed by atoms with Crippen molar-refractivity contribution in [1.82, 2.24) is 0 Å². The van der Waals surface area contributed by atoms with E-state index in [9.17, 15) is 14.4 Å². The number of ketones is 2. The number of benzene rings is 1. The number of nitrogens with one attached hydrogen (secondary N) is 1. The molecule has 6 heteroatoms. The number of hydrogen-bond donors (Lipinski definition) is 2. The average molecular weight is 289 g/mol. The maximum Gasteiger partial charge on any atom is 0.235 e. The van der Waals surface area contributed by atoms with Crippen LogP contribution in [0.25, 0.3) is 5.76 Å². The lowest BCUT2D eigenvalue weighted by molar-refractivity contribution is -0.114. The molecule has 21 heavy (non-hydrogen) atoms. The molecule has 110 valence electrons. The second-order valence-electron chi connectivity index (χ2n) is 4.54. The van der Waals surface area contributed by atoms with Crippen molar-refractivity contribution in [2.45, 2.75) is 13.3 Å². The number of hydrogen-bond acceptors (Lipinski definition) is 5. The van der Waals surface area contributed by atoms with Gasteiger partial charge in [0.2, 0.25) is 17.5 Å². The minimum Gasteiger partial charge on any atom is -0.493 e. The normalized spacial score (nSPS) is 13.5. The molecule has 0 unspecified atom stereocenters. The second kappa shape index (κ2) is 6.32. The van der Waals surface area contributed by atoms with Gasteiger partial charge in [-0.3, -0.25) is 14.4 Å². The van der Waals surface area contributed by atoms with Crippen LogP contribution in [-0.4, -0.2) is 35.8 Å². The minimum absolute atomic E-state index is 0.0288. The highest BCUT2D eigenvalue weighted by atomic mass is 16.5. The number of aliphatic hydroxyl groups excluding tert-OH is 1. The topological polar surface area (TPSA) is 92.7 Å². The van der Waals surface area contributed by atoms with E-state index >= 15 is 0 Å². The molecule has 1 aromatic rings. The molecule has 2 rings (SSSR count). The summed E-state index contributed by atoms with van der Waals surface area (Å²) in [7, 11) is 0. The highest BCUT2D eigenvalue weighted by Crippen LogP contribution is 2.31. The molecule has 0 bridgehead atoms. The summed E-state index contributed by atoms with van der Waals surface area (Å²) in [4.78, 5) is 35.0. The Bertz CT molecular complexity index is 633. The fourth-order valence-corrected chi connectivity index (χ4v) is 2.05. The molecular weight excluding hydrogens is 274 g/mol. The van der Waals surface area contributed by atoms with Crippen LogP contribution in [0.15, 0.2) is 24.3 Å². The fraction of sp³-hybridized carbons (Fsp3) is 0.267. The quantitative estimate of drug-likeness (QED) is 0.626. The smallest absolute Gasteiger partial charge is 0.235 e. The molecule has 0 aromatic heterocycles. The summed E-state index contributed by atoms with van der Waals surface area (Å²) < 4.78 is 5.44. The van der Waals surface area contributed by atoms with E-state index in [2.05, 4.69) is 5.32 Å². The molecule has 1 aromatic carbocycles. The number of carbonyl (C=O) groups excluding carboxylic acids is 3. The number of fused-ring (bicyclic) bond motifs is 1. The highest BCUT2D eigenvalue weighted by Gasteiger charge is 2.29. The molecule has 0 saturated heterocycles. The number of Topliss-reactive ketones (excluding diaryl/α,β-unsaturated/α-hetero) is 1. The molecule has 0 aliphatic heterocycles. The molecule has 0 spiro atoms. The fourth-order valence-electron chi connectivity index (χ4n) is 2.05. The number of allylic oxidation sites excluding steroid dienone is 1. The molecule has 1 aliphatic carbocycles. The Balaban J connectivity index is 2.42. The SMILES string of the molecule is CC(=O)Nc1cccc2c1C(=O)C(=O)C=C2OCCCO. The van der Waals surface area contributed by atoms with E-state index in [1.165, 1.54) is 6.92 Å². The van der Waals surface area contributed by atoms with Gasteiger partial charge in [0, 0.05) is 31.6 Å². The zero-order valence-corrected chi connectivity index (χ0v) is 11.5. The molecule has 0 saturated carbocycles. The Kier molecular flexibility index (Phi) is 4.49. The first-order valence-electron chi connectivity index (χ1n) is 6.49. The van der Waals surface area contributed by atoms with Gasteiger partial charge in [-0.2, -0.15) is 0 Å². The average Bonchev–Trinajstić information content (AvgIpc) is 2.43. The summed E-state index contributed by atoms with van der Waals surface area (Å²) in [6.45, 7) is 1.52. The first-order chi connectivity index (χ1) is 10.0. The zero-order chi connectivity index (χ0) is 15.4. The Labute approximate surface area is 121 Å². The third kappa shape index (κ3) is 3.17. The molecular formula is C15H15NO5. The van der Waals surface area contributed by atoms with Gasteiger partial charge in [0.15, 0.2) is 0 Å². The Morgan fingerprint density at radius 3 is 2.76 bits per heavy atom. The molecule has 0 heterocycles. The zero-order valence-electron chi connectivity index (χ0n) is 11.5. The summed E-state index contributed by atoms with van der Waals surface area (Å²) in [5, 5.41) is 11.3. The number of amides is 1. The minimum atomic E-state index is -0.695. The van der Waals surface area contributed by atoms with Crippen LogP contribution in [0.1, 0.15) is 29.3 Å². The van der Waals surface area contributed by atoms with Crippen LogP contribution in [-0.2, 0) is 14.3 Å². The van der Waals surface area contributed by atoms with Crippen molar-refractivity contribution in [3.8, 4) is 0 Å². The van der Waals surface area contributed by atoms with Gasteiger partial charge in [0.1, 0.15) is 5.76 Å². The van der Waals surface area contributed by atoms with Crippen LogP contribution in [0.5, 0.6) is 0 Å². The first kappa shape index (κ1) is 14.9. The number of aliphatic hydroxyl groups is 1. The van der Waals surface area contributed by atoms with Crippen LogP contribution >= 0.6 is 0 Å². The second-order valence-corrected chi connectivity index (χ2v) is 4.54. The van der Waals surface area contributed by atoms with Gasteiger partial charge in [-0.25, -0.2) is 0 Å². The summed E-state index contributed by atoms with van der Waals surface area (Å²) in [5.74, 6) is -1.43. The molecule has 2 N–H and O–H groups in total. The van der Waals surface area contributed by atoms with E-state index in [-0.39, 0.29) is 36.1 Å². The molecule has 6 nitrogen and oxygen atoms in total. The summed E-state index contributed by atoms with van der Waals surface area (Å²) in [5.41, 5.74) is 0.887.